The third-order valence-corrected chi connectivity index (χ3v) is 2.49. The number of benzene rings is 1. The molecule has 63 valence electrons. The van der Waals surface area contributed by atoms with Crippen LogP contribution in [-0.2, 0) is 0 Å². The van der Waals surface area contributed by atoms with Crippen molar-refractivity contribution in [2.24, 2.45) is 0 Å². The minimum absolute atomic E-state index is 0.637. The van der Waals surface area contributed by atoms with E-state index in [0.717, 1.165) is 16.9 Å². The van der Waals surface area contributed by atoms with E-state index in [1.807, 2.05) is 11.4 Å². The standard InChI is InChI=1S/C10H6NOS/c12-7-8-3-1-2-4-9(8)10-11-5-6-13-10/h2-7H. The first-order valence-corrected chi connectivity index (χ1v) is 4.65. The number of rotatable bonds is 2. The molecule has 0 saturated carbocycles. The third-order valence-electron chi connectivity index (χ3n) is 1.69. The van der Waals surface area contributed by atoms with Crippen LogP contribution in [0.4, 0.5) is 0 Å². The summed E-state index contributed by atoms with van der Waals surface area (Å²) in [6, 6.07) is 8.16. The number of carbonyl (C=O) groups is 1. The Balaban J connectivity index is 2.57. The number of aromatic nitrogens is 1. The molecule has 13 heavy (non-hydrogen) atoms. The van der Waals surface area contributed by atoms with Gasteiger partial charge in [-0.05, 0) is 12.1 Å². The van der Waals surface area contributed by atoms with E-state index in [0.29, 0.717) is 5.56 Å². The van der Waals surface area contributed by atoms with E-state index < -0.39 is 0 Å². The average Bonchev–Trinajstić information content (AvgIpc) is 2.70. The Morgan fingerprint density at radius 2 is 2.46 bits per heavy atom. The second-order valence-electron chi connectivity index (χ2n) is 2.47. The van der Waals surface area contributed by atoms with Crippen LogP contribution in [0.2, 0.25) is 0 Å². The predicted molar refractivity (Wildman–Crippen MR) is 51.8 cm³/mol. The van der Waals surface area contributed by atoms with E-state index in [2.05, 4.69) is 11.1 Å². The molecule has 0 spiro atoms. The van der Waals surface area contributed by atoms with Gasteiger partial charge in [0.25, 0.3) is 0 Å². The van der Waals surface area contributed by atoms with Gasteiger partial charge >= 0.3 is 0 Å². The maximum atomic E-state index is 10.7. The van der Waals surface area contributed by atoms with Crippen LogP contribution in [0.15, 0.2) is 29.8 Å². The summed E-state index contributed by atoms with van der Waals surface area (Å²) in [5.41, 5.74) is 1.52. The Bertz CT molecular complexity index is 409. The van der Waals surface area contributed by atoms with Gasteiger partial charge in [-0.3, -0.25) is 4.79 Å². The van der Waals surface area contributed by atoms with Gasteiger partial charge in [-0.1, -0.05) is 12.1 Å². The molecule has 3 heteroatoms. The van der Waals surface area contributed by atoms with Crippen molar-refractivity contribution >= 4 is 17.6 Å². The fourth-order valence-corrected chi connectivity index (χ4v) is 1.78. The second kappa shape index (κ2) is 3.49. The molecule has 0 saturated heterocycles. The molecule has 2 rings (SSSR count). The summed E-state index contributed by atoms with van der Waals surface area (Å²) >= 11 is 1.52. The molecule has 1 heterocycles. The Morgan fingerprint density at radius 3 is 3.15 bits per heavy atom. The molecule has 0 aliphatic heterocycles. The van der Waals surface area contributed by atoms with Crippen molar-refractivity contribution in [2.75, 3.05) is 0 Å². The van der Waals surface area contributed by atoms with Gasteiger partial charge in [-0.15, -0.1) is 11.3 Å². The SMILES string of the molecule is O=Cc1c[c]ccc1-c1nccs1. The van der Waals surface area contributed by atoms with Crippen molar-refractivity contribution in [3.05, 3.63) is 41.4 Å². The van der Waals surface area contributed by atoms with E-state index in [-0.39, 0.29) is 0 Å². The molecule has 1 aromatic heterocycles. The van der Waals surface area contributed by atoms with Gasteiger partial charge in [-0.25, -0.2) is 4.98 Å². The summed E-state index contributed by atoms with van der Waals surface area (Å²) in [5, 5.41) is 2.76. The zero-order valence-corrected chi connectivity index (χ0v) is 7.54. The van der Waals surface area contributed by atoms with Crippen LogP contribution in [0.5, 0.6) is 0 Å². The number of aldehydes is 1. The summed E-state index contributed by atoms with van der Waals surface area (Å²) < 4.78 is 0. The molecule has 1 aromatic carbocycles. The largest absolute Gasteiger partial charge is 0.298 e. The summed E-state index contributed by atoms with van der Waals surface area (Å²) in [5.74, 6) is 0. The van der Waals surface area contributed by atoms with Gasteiger partial charge in [0, 0.05) is 22.7 Å². The van der Waals surface area contributed by atoms with Gasteiger partial charge in [0.05, 0.1) is 0 Å². The van der Waals surface area contributed by atoms with Gasteiger partial charge in [0.15, 0.2) is 6.29 Å². The number of carbonyl (C=O) groups excluding carboxylic acids is 1. The Hall–Kier alpha value is -1.48. The van der Waals surface area contributed by atoms with E-state index in [1.54, 1.807) is 18.3 Å². The molecule has 0 N–H and O–H groups in total. The number of hydrogen-bond acceptors (Lipinski definition) is 3. The number of thiazole rings is 1. The van der Waals surface area contributed by atoms with E-state index in [1.165, 1.54) is 11.3 Å². The van der Waals surface area contributed by atoms with Crippen molar-refractivity contribution in [3.8, 4) is 10.6 Å². The quantitative estimate of drug-likeness (QED) is 0.677. The molecule has 2 aromatic rings. The lowest BCUT2D eigenvalue weighted by molar-refractivity contribution is 0.112. The van der Waals surface area contributed by atoms with Crippen LogP contribution in [0.1, 0.15) is 10.4 Å². The maximum Gasteiger partial charge on any atom is 0.150 e. The minimum Gasteiger partial charge on any atom is -0.298 e. The molecule has 0 aliphatic carbocycles. The predicted octanol–water partition coefficient (Wildman–Crippen LogP) is 2.42. The Morgan fingerprint density at radius 1 is 1.54 bits per heavy atom. The van der Waals surface area contributed by atoms with E-state index in [9.17, 15) is 4.79 Å². The topological polar surface area (TPSA) is 30.0 Å². The van der Waals surface area contributed by atoms with Crippen molar-refractivity contribution in [1.29, 1.82) is 0 Å². The first kappa shape index (κ1) is 8.13. The lowest BCUT2D eigenvalue weighted by atomic mass is 10.1. The summed E-state index contributed by atoms with van der Waals surface area (Å²) in [4.78, 5) is 14.8. The lowest BCUT2D eigenvalue weighted by Crippen LogP contribution is -1.85. The van der Waals surface area contributed by atoms with Crippen LogP contribution in [0, 0.1) is 6.07 Å². The molecule has 0 aliphatic rings. The molecular formula is C10H6NOS. The summed E-state index contributed by atoms with van der Waals surface area (Å²) in [7, 11) is 0. The Kier molecular flexibility index (Phi) is 2.19. The molecule has 0 fully saturated rings. The summed E-state index contributed by atoms with van der Waals surface area (Å²) in [6.45, 7) is 0. The highest BCUT2D eigenvalue weighted by Gasteiger charge is 2.04. The highest BCUT2D eigenvalue weighted by atomic mass is 32.1. The Labute approximate surface area is 79.9 Å². The highest BCUT2D eigenvalue weighted by molar-refractivity contribution is 7.13. The fraction of sp³-hybridized carbons (Fsp3) is 0. The smallest absolute Gasteiger partial charge is 0.150 e. The molecule has 0 atom stereocenters. The van der Waals surface area contributed by atoms with E-state index >= 15 is 0 Å². The zero-order valence-electron chi connectivity index (χ0n) is 6.73. The molecule has 1 radical (unpaired) electrons. The highest BCUT2D eigenvalue weighted by Crippen LogP contribution is 2.23. The van der Waals surface area contributed by atoms with Crippen molar-refractivity contribution < 1.29 is 4.79 Å². The summed E-state index contributed by atoms with van der Waals surface area (Å²) in [6.07, 6.45) is 2.55. The normalized spacial score (nSPS) is 9.85. The maximum absolute atomic E-state index is 10.7. The number of nitrogens with zero attached hydrogens (tertiary/aromatic N) is 1. The lowest BCUT2D eigenvalue weighted by Gasteiger charge is -1.98. The van der Waals surface area contributed by atoms with Crippen LogP contribution < -0.4 is 0 Å². The number of hydrogen-bond donors (Lipinski definition) is 0. The van der Waals surface area contributed by atoms with Crippen LogP contribution in [-0.4, -0.2) is 11.3 Å². The van der Waals surface area contributed by atoms with Gasteiger partial charge in [-0.2, -0.15) is 0 Å². The van der Waals surface area contributed by atoms with Gasteiger partial charge in [0.1, 0.15) is 5.01 Å². The molecule has 2 nitrogen and oxygen atoms in total. The van der Waals surface area contributed by atoms with Crippen molar-refractivity contribution in [3.63, 3.8) is 0 Å². The molecular weight excluding hydrogens is 182 g/mol. The first-order chi connectivity index (χ1) is 6.42. The third kappa shape index (κ3) is 1.51. The van der Waals surface area contributed by atoms with Gasteiger partial charge < -0.3 is 0 Å². The van der Waals surface area contributed by atoms with Crippen LogP contribution in [0.25, 0.3) is 10.6 Å². The molecule has 0 amide bonds. The van der Waals surface area contributed by atoms with E-state index in [4.69, 9.17) is 0 Å². The van der Waals surface area contributed by atoms with Crippen molar-refractivity contribution in [2.45, 2.75) is 0 Å². The van der Waals surface area contributed by atoms with Crippen LogP contribution in [0.3, 0.4) is 0 Å². The zero-order chi connectivity index (χ0) is 9.10. The van der Waals surface area contributed by atoms with Crippen LogP contribution >= 0.6 is 11.3 Å². The minimum atomic E-state index is 0.637. The molecule has 0 unspecified atom stereocenters. The fourth-order valence-electron chi connectivity index (χ4n) is 1.09. The monoisotopic (exact) mass is 188 g/mol. The first-order valence-electron chi connectivity index (χ1n) is 3.77. The van der Waals surface area contributed by atoms with Gasteiger partial charge in [0.2, 0.25) is 0 Å². The second-order valence-corrected chi connectivity index (χ2v) is 3.36. The average molecular weight is 188 g/mol. The van der Waals surface area contributed by atoms with Crippen molar-refractivity contribution in [1.82, 2.24) is 4.98 Å². The molecule has 0 bridgehead atoms.